The molecule has 2 saturated heterocycles. The molecule has 350 valence electrons. The Balaban J connectivity index is 1.81. The van der Waals surface area contributed by atoms with Crippen LogP contribution in [0.15, 0.2) is 67.2 Å². The fraction of sp³-hybridized carbons (Fsp3) is 0.556. The van der Waals surface area contributed by atoms with Crippen LogP contribution in [0, 0.1) is 22.2 Å². The van der Waals surface area contributed by atoms with Crippen molar-refractivity contribution in [2.45, 2.75) is 135 Å². The number of nitrogens with zero attached hydrogens (tertiary/aromatic N) is 2. The van der Waals surface area contributed by atoms with Gasteiger partial charge in [0, 0.05) is 77.1 Å². The van der Waals surface area contributed by atoms with Gasteiger partial charge in [-0.05, 0) is 80.9 Å². The van der Waals surface area contributed by atoms with E-state index in [9.17, 15) is 74.1 Å². The maximum atomic E-state index is 13.7. The second-order valence-electron chi connectivity index (χ2n) is 18.7. The van der Waals surface area contributed by atoms with Crippen LogP contribution >= 0.6 is 0 Å². The van der Waals surface area contributed by atoms with Crippen LogP contribution in [0.25, 0.3) is 0 Å². The zero-order chi connectivity index (χ0) is 48.2. The zero-order valence-electron chi connectivity index (χ0n) is 36.7. The van der Waals surface area contributed by atoms with Gasteiger partial charge in [0.1, 0.15) is 11.6 Å². The van der Waals surface area contributed by atoms with E-state index in [-0.39, 0.29) is 83.8 Å². The molecule has 0 aromatic carbocycles. The molecule has 20 heteroatoms. The Hall–Kier alpha value is -6.60. The molecule has 6 heterocycles. The molecule has 8 bridgehead atoms. The molecule has 0 aromatic heterocycles. The smallest absolute Gasteiger partial charge is 0.307 e. The normalized spacial score (nSPS) is 32.1. The van der Waals surface area contributed by atoms with E-state index in [0.717, 1.165) is 0 Å². The third-order valence-corrected chi connectivity index (χ3v) is 14.5. The second kappa shape index (κ2) is 17.1. The Morgan fingerprint density at radius 2 is 1.32 bits per heavy atom. The molecule has 0 radical (unpaired) electrons. The number of nitrogens with one attached hydrogen (secondary N) is 2. The molecule has 6 rings (SSSR count). The number of rotatable bonds is 18. The lowest BCUT2D eigenvalue weighted by molar-refractivity contribution is -0.171. The molecular weight excluding hydrogens is 853 g/mol. The van der Waals surface area contributed by atoms with Crippen molar-refractivity contribution in [2.75, 3.05) is 0 Å². The Bertz CT molecular complexity index is 2420. The summed E-state index contributed by atoms with van der Waals surface area (Å²) in [6.07, 6.45) is -3.02. The first kappa shape index (κ1) is 47.9. The Morgan fingerprint density at radius 1 is 0.723 bits per heavy atom. The topological polar surface area (TPSA) is 336 Å². The lowest BCUT2D eigenvalue weighted by Gasteiger charge is -2.52. The number of hydrogen-bond acceptors (Lipinski definition) is 13. The van der Waals surface area contributed by atoms with E-state index in [4.69, 9.17) is 14.7 Å². The molecule has 7 atom stereocenters. The molecule has 2 unspecified atom stereocenters. The number of hydrogen-bond donors (Lipinski definition) is 9. The molecular formula is C45H54N4O16. The van der Waals surface area contributed by atoms with E-state index in [1.165, 1.54) is 6.08 Å². The van der Waals surface area contributed by atoms with Crippen LogP contribution in [0.2, 0.25) is 0 Å². The highest BCUT2D eigenvalue weighted by Crippen LogP contribution is 2.63. The van der Waals surface area contributed by atoms with Crippen molar-refractivity contribution in [1.29, 1.82) is 0 Å². The summed E-state index contributed by atoms with van der Waals surface area (Å²) in [5, 5.41) is 78.2. The van der Waals surface area contributed by atoms with Gasteiger partial charge in [-0.3, -0.25) is 48.3 Å². The molecule has 20 nitrogen and oxygen atoms in total. The molecule has 6 aliphatic rings. The average molecular weight is 907 g/mol. The molecule has 0 aromatic rings. The first-order valence-corrected chi connectivity index (χ1v) is 21.3. The van der Waals surface area contributed by atoms with Crippen LogP contribution in [0.1, 0.15) is 118 Å². The quantitative estimate of drug-likeness (QED) is 0.0859. The second-order valence-corrected chi connectivity index (χ2v) is 18.7. The van der Waals surface area contributed by atoms with Crippen molar-refractivity contribution < 1.29 is 78.8 Å². The summed E-state index contributed by atoms with van der Waals surface area (Å²) in [4.78, 5) is 111. The number of aliphatic imine (C=N–C) groups is 2. The van der Waals surface area contributed by atoms with Crippen LogP contribution in [-0.2, 0) is 43.1 Å². The van der Waals surface area contributed by atoms with E-state index in [1.54, 1.807) is 40.7 Å². The van der Waals surface area contributed by atoms with Gasteiger partial charge >= 0.3 is 47.8 Å². The minimum Gasteiger partial charge on any atom is -0.481 e. The highest BCUT2D eigenvalue weighted by atomic mass is 16.5. The van der Waals surface area contributed by atoms with Crippen molar-refractivity contribution in [3.8, 4) is 0 Å². The van der Waals surface area contributed by atoms with Crippen molar-refractivity contribution in [3.05, 3.63) is 57.2 Å². The molecule has 65 heavy (non-hydrogen) atoms. The van der Waals surface area contributed by atoms with E-state index in [2.05, 4.69) is 10.6 Å². The van der Waals surface area contributed by atoms with Crippen LogP contribution < -0.4 is 10.6 Å². The summed E-state index contributed by atoms with van der Waals surface area (Å²) >= 11 is 0. The number of carboxylic acid groups (broad SMARTS) is 7. The Morgan fingerprint density at radius 3 is 1.91 bits per heavy atom. The van der Waals surface area contributed by atoms with Crippen molar-refractivity contribution in [3.63, 3.8) is 0 Å². The van der Waals surface area contributed by atoms with Crippen LogP contribution in [0.3, 0.4) is 0 Å². The highest BCUT2D eigenvalue weighted by Gasteiger charge is 2.70. The number of carboxylic acids is 7. The number of fused-ring (bicyclic) bond motifs is 5. The molecule has 1 spiro atoms. The number of carbonyl (C=O) groups is 8. The van der Waals surface area contributed by atoms with E-state index in [0.29, 0.717) is 11.3 Å². The lowest BCUT2D eigenvalue weighted by Crippen LogP contribution is -2.66. The minimum atomic E-state index is -1.63. The van der Waals surface area contributed by atoms with E-state index >= 15 is 0 Å². The van der Waals surface area contributed by atoms with Crippen LogP contribution in [0.5, 0.6) is 0 Å². The summed E-state index contributed by atoms with van der Waals surface area (Å²) in [6.45, 7) is 8.15. The maximum absolute atomic E-state index is 13.7. The van der Waals surface area contributed by atoms with Gasteiger partial charge in [-0.15, -0.1) is 0 Å². The largest absolute Gasteiger partial charge is 0.481 e. The summed E-state index contributed by atoms with van der Waals surface area (Å²) in [5.74, 6) is -10.2. The van der Waals surface area contributed by atoms with E-state index in [1.807, 2.05) is 0 Å². The third-order valence-electron chi connectivity index (χ3n) is 14.5. The number of cyclic esters (lactones) is 1. The van der Waals surface area contributed by atoms with Crippen LogP contribution in [0.4, 0.5) is 0 Å². The number of aliphatic carboxylic acids is 7. The summed E-state index contributed by atoms with van der Waals surface area (Å²) in [7, 11) is 0. The fourth-order valence-electron chi connectivity index (χ4n) is 11.4. The summed E-state index contributed by atoms with van der Waals surface area (Å²) < 4.78 is 5.99. The van der Waals surface area contributed by atoms with Gasteiger partial charge in [0.05, 0.1) is 42.6 Å². The SMILES string of the molecule is CC1OC(=O)C[C@@]2(C)[C@H](CCC(=O)O)/C3=C/C4=NC(=C(CCC(=O)O)[C@]4(C)CC(=O)O)C[C@]4(C)N=C(C=C5NC(=C(CC(=O)O)[C@@]5(C)CCC(=O)O)C12N3)C(CCC(=O)O)=C4CC(=O)O. The summed E-state index contributed by atoms with van der Waals surface area (Å²) in [5.41, 5.74) is -5.46. The van der Waals surface area contributed by atoms with Gasteiger partial charge in [0.15, 0.2) is 0 Å². The summed E-state index contributed by atoms with van der Waals surface area (Å²) in [6, 6.07) is 0. The number of ether oxygens (including phenoxy) is 1. The molecule has 9 N–H and O–H groups in total. The number of esters is 1. The zero-order valence-corrected chi connectivity index (χ0v) is 36.7. The van der Waals surface area contributed by atoms with Gasteiger partial charge < -0.3 is 51.1 Å². The van der Waals surface area contributed by atoms with Crippen molar-refractivity contribution in [2.24, 2.45) is 32.1 Å². The number of carbonyl (C=O) groups excluding carboxylic acids is 1. The van der Waals surface area contributed by atoms with Gasteiger partial charge in [0.2, 0.25) is 0 Å². The Kier molecular flexibility index (Phi) is 12.6. The predicted octanol–water partition coefficient (Wildman–Crippen LogP) is 4.43. The maximum Gasteiger partial charge on any atom is 0.307 e. The van der Waals surface area contributed by atoms with Crippen LogP contribution in [-0.4, -0.2) is 112 Å². The van der Waals surface area contributed by atoms with Crippen molar-refractivity contribution in [1.82, 2.24) is 10.6 Å². The lowest BCUT2D eigenvalue weighted by atomic mass is 9.57. The van der Waals surface area contributed by atoms with Gasteiger partial charge in [-0.25, -0.2) is 0 Å². The fourth-order valence-corrected chi connectivity index (χ4v) is 11.4. The first-order chi connectivity index (χ1) is 30.2. The van der Waals surface area contributed by atoms with Gasteiger partial charge in [-0.2, -0.15) is 0 Å². The Labute approximate surface area is 372 Å². The van der Waals surface area contributed by atoms with E-state index < -0.39 is 132 Å². The molecule has 2 fully saturated rings. The van der Waals surface area contributed by atoms with Gasteiger partial charge in [-0.1, -0.05) is 13.8 Å². The predicted molar refractivity (Wildman–Crippen MR) is 226 cm³/mol. The third kappa shape index (κ3) is 8.45. The molecule has 0 aliphatic carbocycles. The molecule has 0 saturated carbocycles. The minimum absolute atomic E-state index is 0.0910. The molecule has 0 amide bonds. The van der Waals surface area contributed by atoms with Crippen molar-refractivity contribution >= 4 is 59.2 Å². The number of allylic oxidation sites excluding steroid dienone is 6. The monoisotopic (exact) mass is 906 g/mol. The molecule has 6 aliphatic heterocycles. The standard InChI is InChI=1S/C45H54N4O16/c1-21-45-40-26(15-37(60)61)41(2,13-12-35(56)57)30(47-40)16-27-22(6-9-32(50)51)25(14-36(58)59)44(5,48-27)18-29-23(7-10-33(52)53)42(3,19-38(62)63)31(46-29)17-28(49-45)24(8-11-34(54)55)43(45,4)20-39(64)65-21/h16-17,21,24,47,49H,6-15,18-20H2,1-5H3,(H,50,51)(H,52,53)(H,54,55)(H,56,57)(H,58,59)(H,60,61)(H,62,63)/b28-17-,30-16?/t21?,24-,41-,42+,43+,44+,45?/m1/s1. The first-order valence-electron chi connectivity index (χ1n) is 21.3. The average Bonchev–Trinajstić information content (AvgIpc) is 3.76. The van der Waals surface area contributed by atoms with Gasteiger partial charge in [0.25, 0.3) is 0 Å². The highest BCUT2D eigenvalue weighted by molar-refractivity contribution is 6.13.